The van der Waals surface area contributed by atoms with Crippen LogP contribution in [0.25, 0.3) is 0 Å². The van der Waals surface area contributed by atoms with Crippen molar-refractivity contribution in [2.45, 2.75) is 25.3 Å². The van der Waals surface area contributed by atoms with Gasteiger partial charge in [-0.05, 0) is 19.9 Å². The largest absolute Gasteiger partial charge is 0.395 e. The van der Waals surface area contributed by atoms with Crippen molar-refractivity contribution in [3.05, 3.63) is 0 Å². The summed E-state index contributed by atoms with van der Waals surface area (Å²) in [6.45, 7) is 0.938. The topological polar surface area (TPSA) is 69.6 Å². The van der Waals surface area contributed by atoms with Crippen molar-refractivity contribution in [3.63, 3.8) is 0 Å². The first-order chi connectivity index (χ1) is 7.11. The number of nitrogens with one attached hydrogen (secondary N) is 1. The molecule has 0 aromatic rings. The normalized spacial score (nSPS) is 24.3. The van der Waals surface area contributed by atoms with E-state index < -0.39 is 10.0 Å². The Labute approximate surface area is 91.5 Å². The van der Waals surface area contributed by atoms with Gasteiger partial charge in [0, 0.05) is 19.1 Å². The van der Waals surface area contributed by atoms with Gasteiger partial charge in [-0.2, -0.15) is 4.31 Å². The van der Waals surface area contributed by atoms with Gasteiger partial charge in [-0.1, -0.05) is 6.42 Å². The number of hydrogen-bond acceptors (Lipinski definition) is 4. The van der Waals surface area contributed by atoms with E-state index in [1.165, 1.54) is 4.31 Å². The van der Waals surface area contributed by atoms with E-state index in [1.54, 1.807) is 7.05 Å². The SMILES string of the molecule is CNCCS(=O)(=O)N1CCCCC1CO. The Morgan fingerprint density at radius 1 is 1.47 bits per heavy atom. The molecule has 0 aliphatic carbocycles. The van der Waals surface area contributed by atoms with E-state index >= 15 is 0 Å². The summed E-state index contributed by atoms with van der Waals surface area (Å²) in [6, 6.07) is -0.208. The molecule has 1 heterocycles. The maximum absolute atomic E-state index is 11.9. The summed E-state index contributed by atoms with van der Waals surface area (Å²) in [7, 11) is -1.46. The van der Waals surface area contributed by atoms with Gasteiger partial charge in [0.15, 0.2) is 0 Å². The van der Waals surface area contributed by atoms with Gasteiger partial charge in [0.25, 0.3) is 0 Å². The molecule has 0 aromatic heterocycles. The van der Waals surface area contributed by atoms with Crippen molar-refractivity contribution in [3.8, 4) is 0 Å². The predicted molar refractivity (Wildman–Crippen MR) is 59.1 cm³/mol. The van der Waals surface area contributed by atoms with Crippen LogP contribution < -0.4 is 5.32 Å². The van der Waals surface area contributed by atoms with Gasteiger partial charge >= 0.3 is 0 Å². The molecule has 1 rings (SSSR count). The zero-order valence-electron chi connectivity index (χ0n) is 9.15. The van der Waals surface area contributed by atoms with Gasteiger partial charge in [0.05, 0.1) is 12.4 Å². The second kappa shape index (κ2) is 5.79. The van der Waals surface area contributed by atoms with Crippen molar-refractivity contribution in [2.75, 3.05) is 32.5 Å². The lowest BCUT2D eigenvalue weighted by molar-refractivity contribution is 0.155. The van der Waals surface area contributed by atoms with Crippen molar-refractivity contribution >= 4 is 10.0 Å². The molecular formula is C9H20N2O3S. The number of sulfonamides is 1. The van der Waals surface area contributed by atoms with Crippen LogP contribution in [-0.4, -0.2) is 56.4 Å². The third-order valence-electron chi connectivity index (χ3n) is 2.75. The Kier molecular flexibility index (Phi) is 4.98. The van der Waals surface area contributed by atoms with Crippen LogP contribution in [0, 0.1) is 0 Å². The van der Waals surface area contributed by atoms with Crippen molar-refractivity contribution in [2.24, 2.45) is 0 Å². The van der Waals surface area contributed by atoms with E-state index in [-0.39, 0.29) is 18.4 Å². The molecule has 1 aliphatic rings. The highest BCUT2D eigenvalue weighted by molar-refractivity contribution is 7.89. The van der Waals surface area contributed by atoms with E-state index in [0.717, 1.165) is 19.3 Å². The van der Waals surface area contributed by atoms with E-state index in [2.05, 4.69) is 5.32 Å². The Hall–Kier alpha value is -0.170. The Bertz CT molecular complexity index is 279. The fourth-order valence-corrected chi connectivity index (χ4v) is 3.60. The van der Waals surface area contributed by atoms with Gasteiger partial charge in [0.2, 0.25) is 10.0 Å². The lowest BCUT2D eigenvalue weighted by Gasteiger charge is -2.33. The first kappa shape index (κ1) is 12.9. The van der Waals surface area contributed by atoms with E-state index in [1.807, 2.05) is 0 Å². The summed E-state index contributed by atoms with van der Waals surface area (Å²) < 4.78 is 25.2. The average Bonchev–Trinajstić information content (AvgIpc) is 2.26. The molecule has 1 fully saturated rings. The Balaban J connectivity index is 2.65. The maximum atomic E-state index is 11.9. The molecule has 0 amide bonds. The molecule has 5 nitrogen and oxygen atoms in total. The molecular weight excluding hydrogens is 216 g/mol. The molecule has 0 bridgehead atoms. The highest BCUT2D eigenvalue weighted by Gasteiger charge is 2.30. The fourth-order valence-electron chi connectivity index (χ4n) is 1.87. The molecule has 2 N–H and O–H groups in total. The zero-order chi connectivity index (χ0) is 11.3. The molecule has 1 unspecified atom stereocenters. The second-order valence-corrected chi connectivity index (χ2v) is 5.90. The number of aliphatic hydroxyl groups is 1. The van der Waals surface area contributed by atoms with Crippen molar-refractivity contribution in [1.82, 2.24) is 9.62 Å². The maximum Gasteiger partial charge on any atom is 0.215 e. The van der Waals surface area contributed by atoms with Gasteiger partial charge in [-0.15, -0.1) is 0 Å². The Morgan fingerprint density at radius 3 is 2.80 bits per heavy atom. The number of aliphatic hydroxyl groups excluding tert-OH is 1. The number of piperidine rings is 1. The lowest BCUT2D eigenvalue weighted by atomic mass is 10.1. The molecule has 1 saturated heterocycles. The van der Waals surface area contributed by atoms with E-state index in [0.29, 0.717) is 13.1 Å². The molecule has 15 heavy (non-hydrogen) atoms. The standard InChI is InChI=1S/C9H20N2O3S/c1-10-5-7-15(13,14)11-6-3-2-4-9(11)8-12/h9-10,12H,2-8H2,1H3. The predicted octanol–water partition coefficient (Wildman–Crippen LogP) is -0.618. The van der Waals surface area contributed by atoms with Crippen LogP contribution in [0.4, 0.5) is 0 Å². The third kappa shape index (κ3) is 3.41. The molecule has 90 valence electrons. The van der Waals surface area contributed by atoms with Crippen LogP contribution in [-0.2, 0) is 10.0 Å². The molecule has 0 aromatic carbocycles. The minimum absolute atomic E-state index is 0.0707. The fraction of sp³-hybridized carbons (Fsp3) is 1.00. The molecule has 1 atom stereocenters. The van der Waals surface area contributed by atoms with Crippen LogP contribution in [0.15, 0.2) is 0 Å². The monoisotopic (exact) mass is 236 g/mol. The zero-order valence-corrected chi connectivity index (χ0v) is 9.96. The van der Waals surface area contributed by atoms with Crippen molar-refractivity contribution in [1.29, 1.82) is 0 Å². The highest BCUT2D eigenvalue weighted by Crippen LogP contribution is 2.20. The van der Waals surface area contributed by atoms with Crippen molar-refractivity contribution < 1.29 is 13.5 Å². The Morgan fingerprint density at radius 2 is 2.20 bits per heavy atom. The summed E-state index contributed by atoms with van der Waals surface area (Å²) in [6.07, 6.45) is 2.67. The van der Waals surface area contributed by atoms with Gasteiger partial charge < -0.3 is 10.4 Å². The summed E-state index contributed by atoms with van der Waals surface area (Å²) >= 11 is 0. The molecule has 0 radical (unpaired) electrons. The second-order valence-electron chi connectivity index (χ2n) is 3.86. The average molecular weight is 236 g/mol. The van der Waals surface area contributed by atoms with Gasteiger partial charge in [-0.3, -0.25) is 0 Å². The number of rotatable bonds is 5. The minimum atomic E-state index is -3.20. The number of nitrogens with zero attached hydrogens (tertiary/aromatic N) is 1. The third-order valence-corrected chi connectivity index (χ3v) is 4.67. The van der Waals surface area contributed by atoms with E-state index in [9.17, 15) is 8.42 Å². The molecule has 0 saturated carbocycles. The quantitative estimate of drug-likeness (QED) is 0.667. The molecule has 1 aliphatic heterocycles. The first-order valence-corrected chi connectivity index (χ1v) is 6.97. The van der Waals surface area contributed by atoms with Crippen LogP contribution in [0.2, 0.25) is 0 Å². The first-order valence-electron chi connectivity index (χ1n) is 5.37. The summed E-state index contributed by atoms with van der Waals surface area (Å²) in [5, 5.41) is 12.0. The molecule has 0 spiro atoms. The van der Waals surface area contributed by atoms with Gasteiger partial charge in [-0.25, -0.2) is 8.42 Å². The highest BCUT2D eigenvalue weighted by atomic mass is 32.2. The van der Waals surface area contributed by atoms with Crippen LogP contribution in [0.3, 0.4) is 0 Å². The number of hydrogen-bond donors (Lipinski definition) is 2. The van der Waals surface area contributed by atoms with E-state index in [4.69, 9.17) is 5.11 Å². The molecule has 6 heteroatoms. The summed E-state index contributed by atoms with van der Waals surface area (Å²) in [5.41, 5.74) is 0. The lowest BCUT2D eigenvalue weighted by Crippen LogP contribution is -2.47. The summed E-state index contributed by atoms with van der Waals surface area (Å²) in [5.74, 6) is 0.111. The minimum Gasteiger partial charge on any atom is -0.395 e. The van der Waals surface area contributed by atoms with Crippen LogP contribution >= 0.6 is 0 Å². The van der Waals surface area contributed by atoms with Gasteiger partial charge in [0.1, 0.15) is 0 Å². The van der Waals surface area contributed by atoms with Crippen LogP contribution in [0.5, 0.6) is 0 Å². The smallest absolute Gasteiger partial charge is 0.215 e. The summed E-state index contributed by atoms with van der Waals surface area (Å²) in [4.78, 5) is 0. The van der Waals surface area contributed by atoms with Crippen LogP contribution in [0.1, 0.15) is 19.3 Å².